The largest absolute Gasteiger partial charge is 0.497 e. The molecule has 0 amide bonds. The molecule has 1 fully saturated rings. The van der Waals surface area contributed by atoms with Crippen molar-refractivity contribution in [1.82, 2.24) is 9.55 Å². The Kier molecular flexibility index (Phi) is 9.25. The van der Waals surface area contributed by atoms with Crippen molar-refractivity contribution in [2.45, 2.75) is 30.3 Å². The number of hydrogen-bond donors (Lipinski definition) is 2. The molecule has 0 saturated carbocycles. The predicted octanol–water partition coefficient (Wildman–Crippen LogP) is 4.14. The Bertz CT molecular complexity index is 1520. The van der Waals surface area contributed by atoms with Crippen molar-refractivity contribution in [3.63, 3.8) is 0 Å². The minimum atomic E-state index is -4.74. The number of aromatic nitrogens is 2. The highest BCUT2D eigenvalue weighted by atomic mass is 35.5. The van der Waals surface area contributed by atoms with E-state index in [2.05, 4.69) is 0 Å². The van der Waals surface area contributed by atoms with Crippen molar-refractivity contribution < 1.29 is 50.5 Å². The van der Waals surface area contributed by atoms with Crippen LogP contribution < -0.4 is 29.8 Å². The lowest BCUT2D eigenvalue weighted by atomic mass is 9.95. The molecule has 0 unspecified atom stereocenters. The van der Waals surface area contributed by atoms with Crippen LogP contribution in [0.5, 0.6) is 23.0 Å². The Morgan fingerprint density at radius 3 is 1.95 bits per heavy atom. The predicted molar refractivity (Wildman–Crippen MR) is 144 cm³/mol. The summed E-state index contributed by atoms with van der Waals surface area (Å²) in [6.45, 7) is -5.92. The number of nitrogens with zero attached hydrogens (tertiary/aromatic N) is 1. The fraction of sp³-hybridized carbons (Fsp3) is 0.333. The summed E-state index contributed by atoms with van der Waals surface area (Å²) >= 11 is 11.1. The highest BCUT2D eigenvalue weighted by Gasteiger charge is 2.74. The van der Waals surface area contributed by atoms with E-state index in [1.54, 1.807) is 4.98 Å². The maximum absolute atomic E-state index is 15.5. The first kappa shape index (κ1) is 31.8. The van der Waals surface area contributed by atoms with Gasteiger partial charge in [-0.3, -0.25) is 18.9 Å². The molecule has 2 heterocycles. The number of hydrogen-bond acceptors (Lipinski definition) is 10. The minimum absolute atomic E-state index is 0.0187. The molecular weight excluding hydrogens is 635 g/mol. The maximum Gasteiger partial charge on any atom is 0.435 e. The number of halogens is 5. The number of methoxy groups -OCH3 is 2. The van der Waals surface area contributed by atoms with Crippen LogP contribution in [0, 0.1) is 0 Å². The standard InChI is InChI=1S/C24H22ClF4N2O9PS/c1-35-13-3-7-15(8-4-13)39-41(42,40-16-9-5-14(36-2)6-10-16)37-12-23(21(26)27)24(28,29)18(32)20(38-23)31-11-17(25)19(33)30-22(31)34/h3-11,18,20-21,32H,12H2,1-2H3,(H,30,33,34)/t18-,20-,23+/m1/s1. The molecule has 0 bridgehead atoms. The van der Waals surface area contributed by atoms with E-state index in [1.165, 1.54) is 62.8 Å². The molecule has 4 rings (SSSR count). The fourth-order valence-corrected chi connectivity index (χ4v) is 5.89. The first-order valence-corrected chi connectivity index (χ1v) is 14.6. The van der Waals surface area contributed by atoms with Crippen LogP contribution in [0.1, 0.15) is 6.23 Å². The molecule has 1 aliphatic rings. The summed E-state index contributed by atoms with van der Waals surface area (Å²) in [4.78, 5) is 25.6. The molecule has 2 aromatic carbocycles. The lowest BCUT2D eigenvalue weighted by Gasteiger charge is -2.34. The number of nitrogens with one attached hydrogen (secondary N) is 1. The zero-order chi connectivity index (χ0) is 30.9. The molecule has 0 aliphatic carbocycles. The number of aromatic amines is 1. The van der Waals surface area contributed by atoms with Gasteiger partial charge in [0.15, 0.2) is 12.3 Å². The smallest absolute Gasteiger partial charge is 0.435 e. The third-order valence-electron chi connectivity index (χ3n) is 6.08. The Hall–Kier alpha value is -3.14. The van der Waals surface area contributed by atoms with Gasteiger partial charge >= 0.3 is 18.3 Å². The van der Waals surface area contributed by atoms with Gasteiger partial charge in [-0.15, -0.1) is 0 Å². The van der Waals surface area contributed by atoms with Crippen LogP contribution in [0.3, 0.4) is 0 Å². The van der Waals surface area contributed by atoms with E-state index < -0.39 is 59.9 Å². The SMILES string of the molecule is COc1ccc(OP(=S)(OC[C@@]2(C(F)F)O[C@@H](n3cc(Cl)c(=O)[nH]c3=O)[C@@H](O)C2(F)F)Oc2ccc(OC)cc2)cc1. The lowest BCUT2D eigenvalue weighted by Crippen LogP contribution is -2.57. The van der Waals surface area contributed by atoms with Gasteiger partial charge < -0.3 is 28.4 Å². The first-order valence-electron chi connectivity index (χ1n) is 11.7. The lowest BCUT2D eigenvalue weighted by molar-refractivity contribution is -0.242. The van der Waals surface area contributed by atoms with E-state index in [4.69, 9.17) is 51.2 Å². The molecule has 3 atom stereocenters. The van der Waals surface area contributed by atoms with Crippen LogP contribution >= 0.6 is 18.3 Å². The summed E-state index contributed by atoms with van der Waals surface area (Å²) in [7, 11) is 2.83. The van der Waals surface area contributed by atoms with E-state index in [1.807, 2.05) is 0 Å². The Labute approximate surface area is 244 Å². The Balaban J connectivity index is 1.69. The second-order valence-corrected chi connectivity index (χ2v) is 11.9. The monoisotopic (exact) mass is 656 g/mol. The quantitative estimate of drug-likeness (QED) is 0.230. The average Bonchev–Trinajstić information content (AvgIpc) is 3.16. The van der Waals surface area contributed by atoms with Crippen molar-refractivity contribution in [2.75, 3.05) is 20.8 Å². The molecule has 18 heteroatoms. The van der Waals surface area contributed by atoms with E-state index in [0.29, 0.717) is 17.7 Å². The number of aliphatic hydroxyl groups is 1. The molecule has 0 spiro atoms. The number of ether oxygens (including phenoxy) is 3. The maximum atomic E-state index is 15.5. The van der Waals surface area contributed by atoms with Crippen LogP contribution in [0.25, 0.3) is 0 Å². The van der Waals surface area contributed by atoms with Crippen molar-refractivity contribution in [3.8, 4) is 23.0 Å². The minimum Gasteiger partial charge on any atom is -0.497 e. The normalized spacial score (nSPS) is 21.7. The summed E-state index contributed by atoms with van der Waals surface area (Å²) in [6, 6.07) is 11.5. The molecule has 2 N–H and O–H groups in total. The van der Waals surface area contributed by atoms with Gasteiger partial charge in [-0.05, 0) is 48.5 Å². The topological polar surface area (TPSA) is 130 Å². The fourth-order valence-electron chi connectivity index (χ4n) is 3.81. The van der Waals surface area contributed by atoms with Gasteiger partial charge in [0.2, 0.25) is 5.60 Å². The summed E-state index contributed by atoms with van der Waals surface area (Å²) in [5, 5.41) is 9.72. The molecule has 228 valence electrons. The van der Waals surface area contributed by atoms with Gasteiger partial charge in [-0.2, -0.15) is 8.78 Å². The van der Waals surface area contributed by atoms with Gasteiger partial charge in [0.1, 0.15) is 28.0 Å². The Morgan fingerprint density at radius 1 is 1.02 bits per heavy atom. The third-order valence-corrected chi connectivity index (χ3v) is 8.43. The van der Waals surface area contributed by atoms with Crippen LogP contribution in [-0.2, 0) is 21.1 Å². The van der Waals surface area contributed by atoms with Crippen molar-refractivity contribution >= 4 is 30.1 Å². The Morgan fingerprint density at radius 2 is 1.50 bits per heavy atom. The molecule has 3 aromatic rings. The zero-order valence-electron chi connectivity index (χ0n) is 21.5. The van der Waals surface area contributed by atoms with E-state index >= 15 is 8.78 Å². The number of aliphatic hydroxyl groups excluding tert-OH is 1. The van der Waals surface area contributed by atoms with E-state index in [-0.39, 0.29) is 16.1 Å². The number of benzene rings is 2. The van der Waals surface area contributed by atoms with Crippen molar-refractivity contribution in [2.24, 2.45) is 0 Å². The van der Waals surface area contributed by atoms with Gasteiger partial charge in [0.05, 0.1) is 20.8 Å². The van der Waals surface area contributed by atoms with E-state index in [0.717, 1.165) is 0 Å². The summed E-state index contributed by atoms with van der Waals surface area (Å²) in [6.07, 6.45) is -8.87. The molecular formula is C24H22ClF4N2O9PS. The molecule has 11 nitrogen and oxygen atoms in total. The van der Waals surface area contributed by atoms with Crippen LogP contribution in [0.4, 0.5) is 17.6 Å². The zero-order valence-corrected chi connectivity index (χ0v) is 24.0. The highest BCUT2D eigenvalue weighted by Crippen LogP contribution is 2.56. The van der Waals surface area contributed by atoms with E-state index in [9.17, 15) is 23.5 Å². The molecule has 0 radical (unpaired) electrons. The summed E-state index contributed by atoms with van der Waals surface area (Å²) in [5.74, 6) is -3.84. The van der Waals surface area contributed by atoms with Crippen LogP contribution in [0.2, 0.25) is 5.02 Å². The second kappa shape index (κ2) is 12.2. The van der Waals surface area contributed by atoms with Gasteiger partial charge in [0, 0.05) is 18.0 Å². The molecule has 1 aromatic heterocycles. The van der Waals surface area contributed by atoms with Gasteiger partial charge in [-0.25, -0.2) is 13.6 Å². The molecule has 1 aliphatic heterocycles. The van der Waals surface area contributed by atoms with Crippen molar-refractivity contribution in [3.05, 3.63) is 80.6 Å². The molecule has 42 heavy (non-hydrogen) atoms. The average molecular weight is 657 g/mol. The number of alkyl halides is 4. The van der Waals surface area contributed by atoms with Gasteiger partial charge in [0.25, 0.3) is 12.0 Å². The van der Waals surface area contributed by atoms with Crippen LogP contribution in [0.15, 0.2) is 64.3 Å². The number of rotatable bonds is 11. The third kappa shape index (κ3) is 6.14. The number of H-pyrrole nitrogens is 1. The second-order valence-electron chi connectivity index (χ2n) is 8.66. The summed E-state index contributed by atoms with van der Waals surface area (Å²) in [5.41, 5.74) is -6.30. The highest BCUT2D eigenvalue weighted by molar-refractivity contribution is 8.07. The van der Waals surface area contributed by atoms with Gasteiger partial charge in [-0.1, -0.05) is 11.6 Å². The molecule has 1 saturated heterocycles. The first-order chi connectivity index (χ1) is 19.7. The summed E-state index contributed by atoms with van der Waals surface area (Å²) < 4.78 is 92.0. The van der Waals surface area contributed by atoms with Crippen molar-refractivity contribution in [1.29, 1.82) is 0 Å². The van der Waals surface area contributed by atoms with Crippen LogP contribution in [-0.4, -0.2) is 59.5 Å².